The van der Waals surface area contributed by atoms with Gasteiger partial charge in [0, 0.05) is 52.4 Å². The highest BCUT2D eigenvalue weighted by molar-refractivity contribution is 5.80. The van der Waals surface area contributed by atoms with Gasteiger partial charge in [-0.05, 0) is 37.9 Å². The van der Waals surface area contributed by atoms with E-state index in [-0.39, 0.29) is 0 Å². The summed E-state index contributed by atoms with van der Waals surface area (Å²) in [5.41, 5.74) is 1.35. The van der Waals surface area contributed by atoms with Crippen LogP contribution in [0.5, 0.6) is 0 Å². The monoisotopic (exact) mass is 318 g/mol. The number of likely N-dealkylation sites (tertiary alicyclic amines) is 2. The van der Waals surface area contributed by atoms with Gasteiger partial charge in [-0.2, -0.15) is 5.10 Å². The van der Waals surface area contributed by atoms with Crippen molar-refractivity contribution in [1.29, 1.82) is 0 Å². The van der Waals surface area contributed by atoms with Gasteiger partial charge < -0.3 is 15.1 Å². The van der Waals surface area contributed by atoms with Crippen LogP contribution in [0.25, 0.3) is 0 Å². The molecule has 2 saturated heterocycles. The maximum atomic E-state index is 4.48. The average molecular weight is 318 g/mol. The standard InChI is InChI=1S/C17H30N6/c1-18-17(19-7-11-22-8-4-3-5-9-22)23-10-6-15(14-23)16-12-20-21(2)13-16/h12-13,15H,3-11,14H2,1-2H3,(H,18,19). The molecule has 1 atom stereocenters. The molecule has 2 fully saturated rings. The first-order valence-electron chi connectivity index (χ1n) is 8.93. The van der Waals surface area contributed by atoms with E-state index in [0.29, 0.717) is 5.92 Å². The van der Waals surface area contributed by atoms with Gasteiger partial charge in [0.15, 0.2) is 5.96 Å². The van der Waals surface area contributed by atoms with Crippen molar-refractivity contribution in [3.8, 4) is 0 Å². The number of rotatable bonds is 4. The number of hydrogen-bond donors (Lipinski definition) is 1. The topological polar surface area (TPSA) is 48.7 Å². The van der Waals surface area contributed by atoms with Crippen molar-refractivity contribution in [3.05, 3.63) is 18.0 Å². The van der Waals surface area contributed by atoms with Crippen molar-refractivity contribution < 1.29 is 0 Å². The van der Waals surface area contributed by atoms with Crippen molar-refractivity contribution in [2.75, 3.05) is 46.3 Å². The highest BCUT2D eigenvalue weighted by Crippen LogP contribution is 2.26. The van der Waals surface area contributed by atoms with E-state index in [9.17, 15) is 0 Å². The maximum Gasteiger partial charge on any atom is 0.193 e. The van der Waals surface area contributed by atoms with Crippen molar-refractivity contribution in [2.45, 2.75) is 31.6 Å². The Bertz CT molecular complexity index is 517. The van der Waals surface area contributed by atoms with Gasteiger partial charge in [-0.25, -0.2) is 0 Å². The summed E-state index contributed by atoms with van der Waals surface area (Å²) < 4.78 is 1.89. The molecule has 2 aliphatic heterocycles. The van der Waals surface area contributed by atoms with Gasteiger partial charge in [0.05, 0.1) is 6.20 Å². The molecule has 0 spiro atoms. The van der Waals surface area contributed by atoms with Crippen molar-refractivity contribution in [3.63, 3.8) is 0 Å². The molecule has 6 heteroatoms. The predicted molar refractivity (Wildman–Crippen MR) is 93.8 cm³/mol. The zero-order valence-electron chi connectivity index (χ0n) is 14.5. The second kappa shape index (κ2) is 7.81. The van der Waals surface area contributed by atoms with E-state index < -0.39 is 0 Å². The lowest BCUT2D eigenvalue weighted by Crippen LogP contribution is -2.44. The molecule has 128 valence electrons. The second-order valence-corrected chi connectivity index (χ2v) is 6.76. The van der Waals surface area contributed by atoms with Gasteiger partial charge in [-0.3, -0.25) is 9.67 Å². The van der Waals surface area contributed by atoms with Gasteiger partial charge in [-0.15, -0.1) is 0 Å². The molecule has 0 saturated carbocycles. The van der Waals surface area contributed by atoms with Gasteiger partial charge in [0.2, 0.25) is 0 Å². The number of hydrogen-bond acceptors (Lipinski definition) is 3. The first-order valence-corrected chi connectivity index (χ1v) is 8.93. The van der Waals surface area contributed by atoms with Crippen LogP contribution in [0.2, 0.25) is 0 Å². The van der Waals surface area contributed by atoms with E-state index in [2.05, 4.69) is 31.4 Å². The van der Waals surface area contributed by atoms with Crippen LogP contribution in [-0.2, 0) is 7.05 Å². The molecular formula is C17H30N6. The Labute approximate surface area is 139 Å². The lowest BCUT2D eigenvalue weighted by Gasteiger charge is -2.27. The molecule has 6 nitrogen and oxygen atoms in total. The zero-order chi connectivity index (χ0) is 16.1. The maximum absolute atomic E-state index is 4.48. The van der Waals surface area contributed by atoms with E-state index in [1.54, 1.807) is 0 Å². The molecule has 1 N–H and O–H groups in total. The second-order valence-electron chi connectivity index (χ2n) is 6.76. The molecule has 3 heterocycles. The fourth-order valence-electron chi connectivity index (χ4n) is 3.72. The molecule has 0 aliphatic carbocycles. The number of aromatic nitrogens is 2. The Morgan fingerprint density at radius 3 is 2.83 bits per heavy atom. The highest BCUT2D eigenvalue weighted by atomic mass is 15.3. The molecule has 0 radical (unpaired) electrons. The molecule has 23 heavy (non-hydrogen) atoms. The van der Waals surface area contributed by atoms with Gasteiger partial charge >= 0.3 is 0 Å². The quantitative estimate of drug-likeness (QED) is 0.671. The Morgan fingerprint density at radius 2 is 2.13 bits per heavy atom. The van der Waals surface area contributed by atoms with E-state index in [1.165, 1.54) is 44.3 Å². The third-order valence-corrected chi connectivity index (χ3v) is 5.06. The van der Waals surface area contributed by atoms with Crippen molar-refractivity contribution in [2.24, 2.45) is 12.0 Å². The Balaban J connectivity index is 1.45. The molecule has 1 aromatic rings. The molecule has 0 bridgehead atoms. The summed E-state index contributed by atoms with van der Waals surface area (Å²) in [6.07, 6.45) is 9.43. The largest absolute Gasteiger partial charge is 0.355 e. The summed E-state index contributed by atoms with van der Waals surface area (Å²) in [6, 6.07) is 0. The number of aliphatic imine (C=N–C) groups is 1. The molecule has 1 unspecified atom stereocenters. The van der Waals surface area contributed by atoms with Crippen LogP contribution >= 0.6 is 0 Å². The minimum absolute atomic E-state index is 0.573. The number of nitrogens with zero attached hydrogens (tertiary/aromatic N) is 5. The summed E-state index contributed by atoms with van der Waals surface area (Å²) in [6.45, 7) is 6.73. The Hall–Kier alpha value is -1.56. The first-order chi connectivity index (χ1) is 11.3. The number of guanidine groups is 1. The lowest BCUT2D eigenvalue weighted by atomic mass is 10.0. The predicted octanol–water partition coefficient (Wildman–Crippen LogP) is 1.27. The van der Waals surface area contributed by atoms with Crippen LogP contribution in [0.4, 0.5) is 0 Å². The Kier molecular flexibility index (Phi) is 5.54. The summed E-state index contributed by atoms with van der Waals surface area (Å²) in [5, 5.41) is 7.85. The average Bonchev–Trinajstić information content (AvgIpc) is 3.21. The molecule has 0 amide bonds. The van der Waals surface area contributed by atoms with Crippen LogP contribution in [0.1, 0.15) is 37.2 Å². The van der Waals surface area contributed by atoms with Crippen LogP contribution in [0.3, 0.4) is 0 Å². The number of aryl methyl sites for hydroxylation is 1. The minimum Gasteiger partial charge on any atom is -0.355 e. The van der Waals surface area contributed by atoms with E-state index in [1.807, 2.05) is 25.0 Å². The number of nitrogens with one attached hydrogen (secondary N) is 1. The summed E-state index contributed by atoms with van der Waals surface area (Å²) >= 11 is 0. The van der Waals surface area contributed by atoms with E-state index in [4.69, 9.17) is 0 Å². The van der Waals surface area contributed by atoms with E-state index >= 15 is 0 Å². The summed E-state index contributed by atoms with van der Waals surface area (Å²) in [4.78, 5) is 9.42. The van der Waals surface area contributed by atoms with Crippen LogP contribution in [-0.4, -0.2) is 71.9 Å². The smallest absolute Gasteiger partial charge is 0.193 e. The molecule has 0 aromatic carbocycles. The van der Waals surface area contributed by atoms with E-state index in [0.717, 1.165) is 32.1 Å². The van der Waals surface area contributed by atoms with Crippen LogP contribution in [0.15, 0.2) is 17.4 Å². The Morgan fingerprint density at radius 1 is 1.30 bits per heavy atom. The lowest BCUT2D eigenvalue weighted by molar-refractivity contribution is 0.231. The van der Waals surface area contributed by atoms with Gasteiger partial charge in [0.1, 0.15) is 0 Å². The van der Waals surface area contributed by atoms with Crippen LogP contribution in [0, 0.1) is 0 Å². The number of piperidine rings is 1. The molecule has 3 rings (SSSR count). The normalized spacial score (nSPS) is 23.5. The van der Waals surface area contributed by atoms with Gasteiger partial charge in [-0.1, -0.05) is 6.42 Å². The highest BCUT2D eigenvalue weighted by Gasteiger charge is 2.26. The van der Waals surface area contributed by atoms with Crippen LogP contribution < -0.4 is 5.32 Å². The minimum atomic E-state index is 0.573. The molecule has 2 aliphatic rings. The fourth-order valence-corrected chi connectivity index (χ4v) is 3.72. The molecular weight excluding hydrogens is 288 g/mol. The van der Waals surface area contributed by atoms with Crippen molar-refractivity contribution in [1.82, 2.24) is 24.9 Å². The van der Waals surface area contributed by atoms with Gasteiger partial charge in [0.25, 0.3) is 0 Å². The zero-order valence-corrected chi connectivity index (χ0v) is 14.5. The summed E-state index contributed by atoms with van der Waals surface area (Å²) in [7, 11) is 3.87. The third kappa shape index (κ3) is 4.25. The van der Waals surface area contributed by atoms with Crippen molar-refractivity contribution >= 4 is 5.96 Å². The first kappa shape index (κ1) is 16.3. The third-order valence-electron chi connectivity index (χ3n) is 5.06. The fraction of sp³-hybridized carbons (Fsp3) is 0.765. The molecule has 1 aromatic heterocycles. The SMILES string of the molecule is CN=C(NCCN1CCCCC1)N1CCC(c2cnn(C)c2)C1. The summed E-state index contributed by atoms with van der Waals surface area (Å²) in [5.74, 6) is 1.62.